The maximum atomic E-state index is 6.53. The molecule has 8 aromatic carbocycles. The van der Waals surface area contributed by atoms with Crippen molar-refractivity contribution in [2.45, 2.75) is 0 Å². The molecule has 0 saturated heterocycles. The van der Waals surface area contributed by atoms with Crippen molar-refractivity contribution >= 4 is 49.8 Å². The summed E-state index contributed by atoms with van der Waals surface area (Å²) in [6.07, 6.45) is 0. The maximum Gasteiger partial charge on any atom is 0.143 e. The van der Waals surface area contributed by atoms with Crippen molar-refractivity contribution in [2.75, 3.05) is 4.90 Å². The van der Waals surface area contributed by atoms with Gasteiger partial charge in [0.25, 0.3) is 0 Å². The van der Waals surface area contributed by atoms with E-state index in [1.807, 2.05) is 0 Å². The molecule has 0 aliphatic heterocycles. The monoisotopic (exact) mass is 613 g/mol. The van der Waals surface area contributed by atoms with Gasteiger partial charge in [-0.2, -0.15) is 0 Å². The molecule has 0 bridgehead atoms. The zero-order chi connectivity index (χ0) is 31.9. The zero-order valence-electron chi connectivity index (χ0n) is 26.3. The first-order chi connectivity index (χ1) is 23.8. The Morgan fingerprint density at radius 1 is 0.354 bits per heavy atom. The molecule has 0 fully saturated rings. The molecule has 0 spiro atoms. The molecule has 1 aromatic heterocycles. The smallest absolute Gasteiger partial charge is 0.143 e. The third-order valence-electron chi connectivity index (χ3n) is 9.27. The average molecular weight is 614 g/mol. The Morgan fingerprint density at radius 3 is 1.58 bits per heavy atom. The molecule has 0 atom stereocenters. The summed E-state index contributed by atoms with van der Waals surface area (Å²) in [4.78, 5) is 2.34. The molecule has 2 heteroatoms. The summed E-state index contributed by atoms with van der Waals surface area (Å²) in [6.45, 7) is 0. The summed E-state index contributed by atoms with van der Waals surface area (Å²) in [5.41, 5.74) is 12.2. The molecule has 0 radical (unpaired) electrons. The van der Waals surface area contributed by atoms with E-state index in [9.17, 15) is 0 Å². The highest BCUT2D eigenvalue weighted by Crippen LogP contribution is 2.42. The molecule has 48 heavy (non-hydrogen) atoms. The van der Waals surface area contributed by atoms with E-state index in [2.05, 4.69) is 193 Å². The molecule has 0 N–H and O–H groups in total. The standard InChI is InChI=1S/C46H31NO/c1-3-11-32(12-4-1)34-21-26-38(27-22-34)47(39-28-23-35(24-29-39)33-13-5-2-6-14-33)40-17-9-16-37(31-40)41-19-10-20-44-45(41)43-30-25-36-15-7-8-18-42(36)46(43)48-44/h1-31H. The third kappa shape index (κ3) is 4.92. The van der Waals surface area contributed by atoms with Gasteiger partial charge in [0.15, 0.2) is 0 Å². The molecule has 2 nitrogen and oxygen atoms in total. The van der Waals surface area contributed by atoms with Crippen LogP contribution in [0.5, 0.6) is 0 Å². The highest BCUT2D eigenvalue weighted by atomic mass is 16.3. The minimum Gasteiger partial charge on any atom is -0.455 e. The molecule has 0 unspecified atom stereocenters. The second kappa shape index (κ2) is 11.8. The maximum absolute atomic E-state index is 6.53. The number of nitrogens with zero attached hydrogens (tertiary/aromatic N) is 1. The van der Waals surface area contributed by atoms with Crippen LogP contribution in [0.4, 0.5) is 17.1 Å². The fraction of sp³-hybridized carbons (Fsp3) is 0. The second-order valence-electron chi connectivity index (χ2n) is 12.2. The highest BCUT2D eigenvalue weighted by Gasteiger charge is 2.17. The zero-order valence-corrected chi connectivity index (χ0v) is 26.3. The summed E-state index contributed by atoms with van der Waals surface area (Å²) in [6, 6.07) is 66.8. The van der Waals surface area contributed by atoms with E-state index in [0.29, 0.717) is 0 Å². The van der Waals surface area contributed by atoms with Gasteiger partial charge in [0.05, 0.1) is 0 Å². The Kier molecular flexibility index (Phi) is 6.84. The number of fused-ring (bicyclic) bond motifs is 5. The van der Waals surface area contributed by atoms with E-state index in [1.165, 1.54) is 27.6 Å². The van der Waals surface area contributed by atoms with Crippen molar-refractivity contribution in [1.82, 2.24) is 0 Å². The van der Waals surface area contributed by atoms with E-state index in [4.69, 9.17) is 4.42 Å². The first-order valence-electron chi connectivity index (χ1n) is 16.3. The van der Waals surface area contributed by atoms with Crippen LogP contribution in [0.3, 0.4) is 0 Å². The van der Waals surface area contributed by atoms with Crippen molar-refractivity contribution in [3.63, 3.8) is 0 Å². The van der Waals surface area contributed by atoms with Crippen molar-refractivity contribution in [3.8, 4) is 33.4 Å². The molecule has 9 aromatic rings. The minimum atomic E-state index is 0.897. The van der Waals surface area contributed by atoms with Gasteiger partial charge in [0, 0.05) is 33.2 Å². The van der Waals surface area contributed by atoms with Gasteiger partial charge >= 0.3 is 0 Å². The van der Waals surface area contributed by atoms with Crippen molar-refractivity contribution < 1.29 is 4.42 Å². The van der Waals surface area contributed by atoms with Crippen LogP contribution in [-0.2, 0) is 0 Å². The van der Waals surface area contributed by atoms with Gasteiger partial charge in [-0.3, -0.25) is 0 Å². The lowest BCUT2D eigenvalue weighted by atomic mass is 9.97. The lowest BCUT2D eigenvalue weighted by Gasteiger charge is -2.26. The van der Waals surface area contributed by atoms with E-state index < -0.39 is 0 Å². The number of anilines is 3. The highest BCUT2D eigenvalue weighted by molar-refractivity contribution is 6.19. The first-order valence-corrected chi connectivity index (χ1v) is 16.3. The molecule has 9 rings (SSSR count). The number of rotatable bonds is 6. The van der Waals surface area contributed by atoms with Gasteiger partial charge in [-0.05, 0) is 87.3 Å². The molecule has 1 heterocycles. The van der Waals surface area contributed by atoms with Crippen LogP contribution in [0, 0.1) is 0 Å². The van der Waals surface area contributed by atoms with Gasteiger partial charge in [-0.15, -0.1) is 0 Å². The molecular formula is C46H31NO. The van der Waals surface area contributed by atoms with Gasteiger partial charge < -0.3 is 9.32 Å². The predicted octanol–water partition coefficient (Wildman–Crippen LogP) is 13.2. The number of furan rings is 1. The quantitative estimate of drug-likeness (QED) is 0.185. The summed E-state index contributed by atoms with van der Waals surface area (Å²) in [7, 11) is 0. The lowest BCUT2D eigenvalue weighted by molar-refractivity contribution is 0.673. The van der Waals surface area contributed by atoms with Gasteiger partial charge in [0.2, 0.25) is 0 Å². The van der Waals surface area contributed by atoms with Crippen LogP contribution in [0.2, 0.25) is 0 Å². The van der Waals surface area contributed by atoms with Gasteiger partial charge in [0.1, 0.15) is 11.2 Å². The Balaban J connectivity index is 1.18. The van der Waals surface area contributed by atoms with E-state index >= 15 is 0 Å². The van der Waals surface area contributed by atoms with Gasteiger partial charge in [-0.25, -0.2) is 0 Å². The van der Waals surface area contributed by atoms with Crippen LogP contribution in [-0.4, -0.2) is 0 Å². The Hall–Kier alpha value is -6.38. The van der Waals surface area contributed by atoms with Crippen LogP contribution in [0.15, 0.2) is 192 Å². The number of hydrogen-bond acceptors (Lipinski definition) is 2. The molecule has 226 valence electrons. The van der Waals surface area contributed by atoms with E-state index in [1.54, 1.807) is 0 Å². The SMILES string of the molecule is c1ccc(-c2ccc(N(c3ccc(-c4ccccc4)cc3)c3cccc(-c4cccc5oc6c7ccccc7ccc6c45)c3)cc2)cc1. The number of hydrogen-bond donors (Lipinski definition) is 0. The van der Waals surface area contributed by atoms with Crippen LogP contribution in [0.1, 0.15) is 0 Å². The molecule has 0 aliphatic rings. The molecule has 0 amide bonds. The third-order valence-corrected chi connectivity index (χ3v) is 9.27. The predicted molar refractivity (Wildman–Crippen MR) is 202 cm³/mol. The molecule has 0 saturated carbocycles. The van der Waals surface area contributed by atoms with Crippen LogP contribution < -0.4 is 4.90 Å². The average Bonchev–Trinajstić information content (AvgIpc) is 3.56. The largest absolute Gasteiger partial charge is 0.455 e. The first kappa shape index (κ1) is 27.9. The topological polar surface area (TPSA) is 16.4 Å². The number of benzene rings is 8. The molecule has 0 aliphatic carbocycles. The molecular weight excluding hydrogens is 583 g/mol. The second-order valence-corrected chi connectivity index (χ2v) is 12.2. The Labute approximate surface area is 279 Å². The van der Waals surface area contributed by atoms with Crippen LogP contribution >= 0.6 is 0 Å². The summed E-state index contributed by atoms with van der Waals surface area (Å²) in [5, 5.41) is 4.59. The lowest BCUT2D eigenvalue weighted by Crippen LogP contribution is -2.10. The summed E-state index contributed by atoms with van der Waals surface area (Å²) in [5.74, 6) is 0. The van der Waals surface area contributed by atoms with Crippen molar-refractivity contribution in [1.29, 1.82) is 0 Å². The van der Waals surface area contributed by atoms with E-state index in [-0.39, 0.29) is 0 Å². The van der Waals surface area contributed by atoms with E-state index in [0.717, 1.165) is 55.5 Å². The van der Waals surface area contributed by atoms with Crippen LogP contribution in [0.25, 0.3) is 66.1 Å². The fourth-order valence-corrected chi connectivity index (χ4v) is 6.92. The Morgan fingerprint density at radius 2 is 0.917 bits per heavy atom. The fourth-order valence-electron chi connectivity index (χ4n) is 6.92. The van der Waals surface area contributed by atoms with Gasteiger partial charge in [-0.1, -0.05) is 140 Å². The van der Waals surface area contributed by atoms with Crippen molar-refractivity contribution in [3.05, 3.63) is 188 Å². The summed E-state index contributed by atoms with van der Waals surface area (Å²) < 4.78 is 6.53. The Bertz CT molecular complexity index is 2450. The summed E-state index contributed by atoms with van der Waals surface area (Å²) >= 11 is 0. The minimum absolute atomic E-state index is 0.897. The normalized spacial score (nSPS) is 11.3. The van der Waals surface area contributed by atoms with Crippen molar-refractivity contribution in [2.24, 2.45) is 0 Å².